The van der Waals surface area contributed by atoms with Crippen molar-refractivity contribution in [2.45, 2.75) is 39.2 Å². The van der Waals surface area contributed by atoms with E-state index in [-0.39, 0.29) is 11.8 Å². The topological polar surface area (TPSA) is 59.8 Å². The molecular formula is C15H20N4OS. The van der Waals surface area contributed by atoms with Gasteiger partial charge in [-0.25, -0.2) is 4.98 Å². The van der Waals surface area contributed by atoms with E-state index in [0.29, 0.717) is 13.1 Å². The summed E-state index contributed by atoms with van der Waals surface area (Å²) < 4.78 is 1.79. The maximum atomic E-state index is 12.0. The molecule has 1 aliphatic carbocycles. The number of amides is 1. The van der Waals surface area contributed by atoms with Gasteiger partial charge in [-0.3, -0.25) is 9.48 Å². The Morgan fingerprint density at radius 3 is 3.19 bits per heavy atom. The number of thiazole rings is 1. The molecule has 2 heterocycles. The van der Waals surface area contributed by atoms with Crippen molar-refractivity contribution in [3.8, 4) is 0 Å². The first kappa shape index (κ1) is 14.3. The predicted molar refractivity (Wildman–Crippen MR) is 82.2 cm³/mol. The van der Waals surface area contributed by atoms with Gasteiger partial charge in [-0.2, -0.15) is 5.10 Å². The molecule has 2 aromatic rings. The molecule has 112 valence electrons. The molecule has 0 radical (unpaired) electrons. The molecular weight excluding hydrogens is 284 g/mol. The van der Waals surface area contributed by atoms with E-state index >= 15 is 0 Å². The summed E-state index contributed by atoms with van der Waals surface area (Å²) in [6, 6.07) is 1.87. The van der Waals surface area contributed by atoms with Gasteiger partial charge in [0.2, 0.25) is 5.91 Å². The Bertz CT molecular complexity index is 584. The average Bonchev–Trinajstić information content (AvgIpc) is 3.14. The molecule has 0 aliphatic heterocycles. The van der Waals surface area contributed by atoms with Gasteiger partial charge in [-0.05, 0) is 25.3 Å². The lowest BCUT2D eigenvalue weighted by Gasteiger charge is -2.11. The lowest BCUT2D eigenvalue weighted by Crippen LogP contribution is -2.33. The van der Waals surface area contributed by atoms with Crippen molar-refractivity contribution in [3.05, 3.63) is 34.0 Å². The minimum absolute atomic E-state index is 0.0776. The molecule has 0 unspecified atom stereocenters. The summed E-state index contributed by atoms with van der Waals surface area (Å²) in [4.78, 5) is 18.1. The summed E-state index contributed by atoms with van der Waals surface area (Å²) in [6.07, 6.45) is 7.99. The molecule has 5 nitrogen and oxygen atoms in total. The number of nitrogens with zero attached hydrogens (tertiary/aromatic N) is 3. The number of nitrogens with one attached hydrogen (secondary N) is 1. The Morgan fingerprint density at radius 2 is 2.43 bits per heavy atom. The van der Waals surface area contributed by atoms with Gasteiger partial charge in [0.05, 0.1) is 23.2 Å². The molecule has 3 rings (SSSR count). The van der Waals surface area contributed by atoms with E-state index in [4.69, 9.17) is 0 Å². The molecule has 1 N–H and O–H groups in total. The Morgan fingerprint density at radius 1 is 1.52 bits per heavy atom. The van der Waals surface area contributed by atoms with E-state index in [2.05, 4.69) is 15.4 Å². The fourth-order valence-corrected chi connectivity index (χ4v) is 3.75. The van der Waals surface area contributed by atoms with E-state index in [0.717, 1.165) is 17.8 Å². The van der Waals surface area contributed by atoms with Crippen LogP contribution in [0.5, 0.6) is 0 Å². The largest absolute Gasteiger partial charge is 0.355 e. The second-order valence-electron chi connectivity index (χ2n) is 5.50. The van der Waals surface area contributed by atoms with Crippen molar-refractivity contribution in [3.63, 3.8) is 0 Å². The minimum Gasteiger partial charge on any atom is -0.355 e. The lowest BCUT2D eigenvalue weighted by atomic mass is 10.1. The maximum absolute atomic E-state index is 12.0. The van der Waals surface area contributed by atoms with Crippen LogP contribution in [0, 0.1) is 5.92 Å². The minimum atomic E-state index is -0.0776. The van der Waals surface area contributed by atoms with Crippen LogP contribution in [0.1, 0.15) is 28.9 Å². The van der Waals surface area contributed by atoms with Crippen molar-refractivity contribution in [2.75, 3.05) is 6.54 Å². The van der Waals surface area contributed by atoms with Crippen LogP contribution in [0.3, 0.4) is 0 Å². The number of hydrogen-bond donors (Lipinski definition) is 1. The second-order valence-corrected chi connectivity index (χ2v) is 6.67. The van der Waals surface area contributed by atoms with E-state index < -0.39 is 0 Å². The molecule has 21 heavy (non-hydrogen) atoms. The third kappa shape index (κ3) is 3.50. The number of carbonyl (C=O) groups excluding carboxylic acids is 1. The predicted octanol–water partition coefficient (Wildman–Crippen LogP) is 1.82. The molecule has 6 heteroatoms. The number of carbonyl (C=O) groups is 1. The third-order valence-corrected chi connectivity index (χ3v) is 4.96. The first-order valence-corrected chi connectivity index (χ1v) is 8.26. The first-order valence-electron chi connectivity index (χ1n) is 7.45. The summed E-state index contributed by atoms with van der Waals surface area (Å²) in [6.45, 7) is 3.20. The van der Waals surface area contributed by atoms with Crippen LogP contribution in [0.15, 0.2) is 18.5 Å². The monoisotopic (exact) mass is 304 g/mol. The van der Waals surface area contributed by atoms with E-state index in [1.807, 2.05) is 30.5 Å². The number of aromatic nitrogens is 3. The van der Waals surface area contributed by atoms with Crippen LogP contribution in [-0.4, -0.2) is 27.2 Å². The van der Waals surface area contributed by atoms with Crippen LogP contribution in [0.2, 0.25) is 0 Å². The standard InChI is InChI=1S/C15H20N4OS/c1-11(10-19-9-3-7-17-19)15(20)16-8-6-14-18-12-4-2-5-13(12)21-14/h3,7,9,11H,2,4-6,8,10H2,1H3,(H,16,20)/t11-/m0/s1. The van der Waals surface area contributed by atoms with Gasteiger partial charge in [0.15, 0.2) is 0 Å². The first-order chi connectivity index (χ1) is 10.2. The smallest absolute Gasteiger partial charge is 0.224 e. The molecule has 1 atom stereocenters. The second kappa shape index (κ2) is 6.39. The van der Waals surface area contributed by atoms with Crippen molar-refractivity contribution in [2.24, 2.45) is 5.92 Å². The number of rotatable bonds is 6. The molecule has 0 fully saturated rings. The number of hydrogen-bond acceptors (Lipinski definition) is 4. The van der Waals surface area contributed by atoms with Crippen LogP contribution < -0.4 is 5.32 Å². The molecule has 0 saturated carbocycles. The Labute approximate surface area is 128 Å². The Kier molecular flexibility index (Phi) is 4.34. The van der Waals surface area contributed by atoms with E-state index in [9.17, 15) is 4.79 Å². The molecule has 0 aromatic carbocycles. The van der Waals surface area contributed by atoms with Gasteiger partial charge in [0.1, 0.15) is 0 Å². The van der Waals surface area contributed by atoms with Gasteiger partial charge < -0.3 is 5.32 Å². The fourth-order valence-electron chi connectivity index (χ4n) is 2.59. The van der Waals surface area contributed by atoms with Gasteiger partial charge in [0.25, 0.3) is 0 Å². The molecule has 1 aliphatic rings. The van der Waals surface area contributed by atoms with Crippen molar-refractivity contribution >= 4 is 17.2 Å². The molecule has 2 aromatic heterocycles. The van der Waals surface area contributed by atoms with Gasteiger partial charge >= 0.3 is 0 Å². The summed E-state index contributed by atoms with van der Waals surface area (Å²) in [5, 5.41) is 8.27. The van der Waals surface area contributed by atoms with Crippen molar-refractivity contribution in [1.29, 1.82) is 0 Å². The third-order valence-electron chi connectivity index (χ3n) is 3.75. The van der Waals surface area contributed by atoms with Crippen LogP contribution in [-0.2, 0) is 30.6 Å². The zero-order chi connectivity index (χ0) is 14.7. The van der Waals surface area contributed by atoms with E-state index in [1.165, 1.54) is 23.4 Å². The highest BCUT2D eigenvalue weighted by molar-refractivity contribution is 7.11. The molecule has 0 saturated heterocycles. The molecule has 1 amide bonds. The fraction of sp³-hybridized carbons (Fsp3) is 0.533. The van der Waals surface area contributed by atoms with Crippen molar-refractivity contribution < 1.29 is 4.79 Å². The Balaban J connectivity index is 1.42. The van der Waals surface area contributed by atoms with Crippen LogP contribution >= 0.6 is 11.3 Å². The zero-order valence-electron chi connectivity index (χ0n) is 12.2. The zero-order valence-corrected chi connectivity index (χ0v) is 13.0. The highest BCUT2D eigenvalue weighted by atomic mass is 32.1. The van der Waals surface area contributed by atoms with Gasteiger partial charge in [-0.1, -0.05) is 6.92 Å². The van der Waals surface area contributed by atoms with Crippen molar-refractivity contribution in [1.82, 2.24) is 20.1 Å². The highest BCUT2D eigenvalue weighted by Crippen LogP contribution is 2.27. The molecule has 0 spiro atoms. The average molecular weight is 304 g/mol. The normalized spacial score (nSPS) is 14.9. The van der Waals surface area contributed by atoms with Gasteiger partial charge in [0, 0.05) is 30.2 Å². The maximum Gasteiger partial charge on any atom is 0.224 e. The lowest BCUT2D eigenvalue weighted by molar-refractivity contribution is -0.124. The highest BCUT2D eigenvalue weighted by Gasteiger charge is 2.17. The van der Waals surface area contributed by atoms with Gasteiger partial charge in [-0.15, -0.1) is 11.3 Å². The molecule has 0 bridgehead atoms. The van der Waals surface area contributed by atoms with Crippen LogP contribution in [0.25, 0.3) is 0 Å². The SMILES string of the molecule is C[C@@H](Cn1cccn1)C(=O)NCCc1nc2c(s1)CCC2. The number of aryl methyl sites for hydroxylation is 2. The summed E-state index contributed by atoms with van der Waals surface area (Å²) >= 11 is 1.81. The van der Waals surface area contributed by atoms with Crippen LogP contribution in [0.4, 0.5) is 0 Å². The number of fused-ring (bicyclic) bond motifs is 1. The quantitative estimate of drug-likeness (QED) is 0.885. The summed E-state index contributed by atoms with van der Waals surface area (Å²) in [7, 11) is 0. The summed E-state index contributed by atoms with van der Waals surface area (Å²) in [5.74, 6) is 0.000739. The Hall–Kier alpha value is -1.69. The van der Waals surface area contributed by atoms with E-state index in [1.54, 1.807) is 10.9 Å². The summed E-state index contributed by atoms with van der Waals surface area (Å²) in [5.41, 5.74) is 1.29.